The molecular formula is C14H22N2O4. The molecule has 1 unspecified atom stereocenters. The summed E-state index contributed by atoms with van der Waals surface area (Å²) in [5, 5.41) is 21.6. The minimum absolute atomic E-state index is 0.0190. The number of allylic oxidation sites excluding steroid dienone is 2. The zero-order valence-corrected chi connectivity index (χ0v) is 12.4. The molecule has 0 spiro atoms. The number of likely N-dealkylation sites (N-methyl/N-ethyl adjacent to an activating group) is 1. The van der Waals surface area contributed by atoms with E-state index in [-0.39, 0.29) is 29.1 Å². The van der Waals surface area contributed by atoms with Gasteiger partial charge in [0.2, 0.25) is 0 Å². The molecule has 0 amide bonds. The Morgan fingerprint density at radius 1 is 1.45 bits per heavy atom. The molecule has 1 aliphatic carbocycles. The molecule has 0 saturated carbocycles. The zero-order valence-electron chi connectivity index (χ0n) is 12.4. The predicted octanol–water partition coefficient (Wildman–Crippen LogP) is 1.32. The minimum Gasteiger partial charge on any atom is -0.511 e. The van der Waals surface area contributed by atoms with E-state index in [2.05, 4.69) is 10.3 Å². The number of carbonyl (C=O) groups excluding carboxylic acids is 1. The number of aliphatic hydroxyl groups is 1. The molecule has 0 aliphatic heterocycles. The lowest BCUT2D eigenvalue weighted by Crippen LogP contribution is -2.37. The van der Waals surface area contributed by atoms with Crippen molar-refractivity contribution in [3.63, 3.8) is 0 Å². The van der Waals surface area contributed by atoms with Crippen LogP contribution in [0.3, 0.4) is 0 Å². The van der Waals surface area contributed by atoms with Crippen LogP contribution in [0.25, 0.3) is 0 Å². The smallest absolute Gasteiger partial charge is 0.322 e. The largest absolute Gasteiger partial charge is 0.511 e. The van der Waals surface area contributed by atoms with Gasteiger partial charge in [-0.1, -0.05) is 13.8 Å². The maximum atomic E-state index is 12.1. The van der Waals surface area contributed by atoms with Gasteiger partial charge in [-0.15, -0.1) is 0 Å². The van der Waals surface area contributed by atoms with Crippen molar-refractivity contribution in [2.45, 2.75) is 39.7 Å². The van der Waals surface area contributed by atoms with Crippen LogP contribution in [0.5, 0.6) is 0 Å². The van der Waals surface area contributed by atoms with Crippen molar-refractivity contribution < 1.29 is 19.8 Å². The molecule has 1 rings (SSSR count). The first-order valence-electron chi connectivity index (χ1n) is 6.55. The molecule has 20 heavy (non-hydrogen) atoms. The fraction of sp³-hybridized carbons (Fsp3) is 0.643. The Balaban J connectivity index is 2.93. The number of aliphatic hydroxyl groups excluding tert-OH is 1. The van der Waals surface area contributed by atoms with Crippen LogP contribution < -0.4 is 5.32 Å². The van der Waals surface area contributed by atoms with Gasteiger partial charge in [0.05, 0.1) is 12.1 Å². The Labute approximate surface area is 118 Å². The van der Waals surface area contributed by atoms with Crippen LogP contribution in [-0.2, 0) is 9.59 Å². The molecule has 1 atom stereocenters. The monoisotopic (exact) mass is 282 g/mol. The van der Waals surface area contributed by atoms with Gasteiger partial charge >= 0.3 is 5.97 Å². The first kappa shape index (κ1) is 16.4. The van der Waals surface area contributed by atoms with E-state index in [0.717, 1.165) is 0 Å². The summed E-state index contributed by atoms with van der Waals surface area (Å²) in [6.07, 6.45) is 0.781. The van der Waals surface area contributed by atoms with Gasteiger partial charge in [0, 0.05) is 18.6 Å². The van der Waals surface area contributed by atoms with Crippen LogP contribution in [0.15, 0.2) is 16.3 Å². The standard InChI is InChI=1S/C14H22N2O4/c1-8(16-7-9(15-4)13(19)20)12-10(17)5-14(2,3)6-11(12)18/h9,15,17H,5-7H2,1-4H3,(H,19,20). The Morgan fingerprint density at radius 3 is 2.50 bits per heavy atom. The normalized spacial score (nSPS) is 21.0. The van der Waals surface area contributed by atoms with Crippen molar-refractivity contribution >= 4 is 17.5 Å². The topological polar surface area (TPSA) is 99.0 Å². The third-order valence-electron chi connectivity index (χ3n) is 3.37. The van der Waals surface area contributed by atoms with Crippen molar-refractivity contribution in [1.82, 2.24) is 5.32 Å². The number of hydrogen-bond acceptors (Lipinski definition) is 5. The summed E-state index contributed by atoms with van der Waals surface area (Å²) in [5.41, 5.74) is 0.383. The van der Waals surface area contributed by atoms with Crippen molar-refractivity contribution in [2.75, 3.05) is 13.6 Å². The van der Waals surface area contributed by atoms with Crippen LogP contribution in [0.4, 0.5) is 0 Å². The number of carboxylic acids is 1. The van der Waals surface area contributed by atoms with E-state index in [1.165, 1.54) is 7.05 Å². The van der Waals surface area contributed by atoms with Crippen molar-refractivity contribution in [1.29, 1.82) is 0 Å². The number of aliphatic imine (C=N–C) groups is 1. The van der Waals surface area contributed by atoms with E-state index in [0.29, 0.717) is 18.6 Å². The van der Waals surface area contributed by atoms with Crippen LogP contribution in [0.1, 0.15) is 33.6 Å². The van der Waals surface area contributed by atoms with Crippen molar-refractivity contribution in [3.05, 3.63) is 11.3 Å². The van der Waals surface area contributed by atoms with E-state index < -0.39 is 12.0 Å². The maximum Gasteiger partial charge on any atom is 0.322 e. The quantitative estimate of drug-likeness (QED) is 0.660. The summed E-state index contributed by atoms with van der Waals surface area (Å²) < 4.78 is 0. The Kier molecular flexibility index (Phi) is 5.05. The third-order valence-corrected chi connectivity index (χ3v) is 3.37. The zero-order chi connectivity index (χ0) is 15.5. The lowest BCUT2D eigenvalue weighted by atomic mass is 9.76. The van der Waals surface area contributed by atoms with Gasteiger partial charge in [-0.05, 0) is 19.4 Å². The highest BCUT2D eigenvalue weighted by molar-refractivity contribution is 6.22. The highest BCUT2D eigenvalue weighted by Crippen LogP contribution is 2.36. The average Bonchev–Trinajstić information content (AvgIpc) is 2.26. The van der Waals surface area contributed by atoms with E-state index in [9.17, 15) is 14.7 Å². The van der Waals surface area contributed by atoms with E-state index in [1.807, 2.05) is 13.8 Å². The number of ketones is 1. The highest BCUT2D eigenvalue weighted by atomic mass is 16.4. The molecule has 6 heteroatoms. The van der Waals surface area contributed by atoms with Gasteiger partial charge in [-0.25, -0.2) is 0 Å². The summed E-state index contributed by atoms with van der Waals surface area (Å²) in [6, 6.07) is -0.803. The van der Waals surface area contributed by atoms with Gasteiger partial charge in [0.1, 0.15) is 11.8 Å². The summed E-state index contributed by atoms with van der Waals surface area (Å²) in [7, 11) is 1.54. The first-order chi connectivity index (χ1) is 9.18. The second kappa shape index (κ2) is 6.17. The fourth-order valence-corrected chi connectivity index (χ4v) is 2.30. The van der Waals surface area contributed by atoms with Gasteiger partial charge in [0.25, 0.3) is 0 Å². The Morgan fingerprint density at radius 2 is 2.05 bits per heavy atom. The first-order valence-corrected chi connectivity index (χ1v) is 6.55. The number of nitrogens with one attached hydrogen (secondary N) is 1. The molecule has 0 aromatic rings. The number of carboxylic acid groups (broad SMARTS) is 1. The van der Waals surface area contributed by atoms with Crippen molar-refractivity contribution in [2.24, 2.45) is 10.4 Å². The third kappa shape index (κ3) is 3.90. The van der Waals surface area contributed by atoms with Gasteiger partial charge in [-0.2, -0.15) is 0 Å². The van der Waals surface area contributed by atoms with E-state index >= 15 is 0 Å². The van der Waals surface area contributed by atoms with Crippen LogP contribution in [0, 0.1) is 5.41 Å². The number of nitrogens with zero attached hydrogens (tertiary/aromatic N) is 1. The van der Waals surface area contributed by atoms with Crippen molar-refractivity contribution in [3.8, 4) is 0 Å². The Bertz CT molecular complexity index is 478. The summed E-state index contributed by atoms with van der Waals surface area (Å²) in [4.78, 5) is 27.1. The molecule has 0 heterocycles. The number of hydrogen-bond donors (Lipinski definition) is 3. The molecule has 112 valence electrons. The van der Waals surface area contributed by atoms with Crippen LogP contribution >= 0.6 is 0 Å². The number of rotatable bonds is 5. The number of carbonyl (C=O) groups is 2. The molecule has 0 radical (unpaired) electrons. The molecule has 0 bridgehead atoms. The number of Topliss-reactive ketones (excluding diaryl/α,β-unsaturated/α-hetero) is 1. The van der Waals surface area contributed by atoms with Gasteiger partial charge < -0.3 is 15.5 Å². The highest BCUT2D eigenvalue weighted by Gasteiger charge is 2.34. The molecule has 0 saturated heterocycles. The molecule has 0 aromatic carbocycles. The summed E-state index contributed by atoms with van der Waals surface area (Å²) in [6.45, 7) is 5.49. The van der Waals surface area contributed by atoms with Crippen LogP contribution in [0.2, 0.25) is 0 Å². The maximum absolute atomic E-state index is 12.1. The van der Waals surface area contributed by atoms with Gasteiger partial charge in [-0.3, -0.25) is 14.6 Å². The second-order valence-corrected chi connectivity index (χ2v) is 5.87. The molecule has 0 aromatic heterocycles. The SMILES string of the molecule is CNC(CN=C(C)C1=C(O)CC(C)(C)CC1=O)C(=O)O. The molecule has 0 fully saturated rings. The lowest BCUT2D eigenvalue weighted by molar-refractivity contribution is -0.139. The van der Waals surface area contributed by atoms with Gasteiger partial charge in [0.15, 0.2) is 5.78 Å². The van der Waals surface area contributed by atoms with E-state index in [4.69, 9.17) is 5.11 Å². The molecule has 3 N–H and O–H groups in total. The van der Waals surface area contributed by atoms with Crippen LogP contribution in [-0.4, -0.2) is 47.3 Å². The molecular weight excluding hydrogens is 260 g/mol. The molecule has 6 nitrogen and oxygen atoms in total. The average molecular weight is 282 g/mol. The molecule has 1 aliphatic rings. The summed E-state index contributed by atoms with van der Waals surface area (Å²) >= 11 is 0. The lowest BCUT2D eigenvalue weighted by Gasteiger charge is -2.29. The second-order valence-electron chi connectivity index (χ2n) is 5.87. The Hall–Kier alpha value is -1.69. The number of aliphatic carboxylic acids is 1. The fourth-order valence-electron chi connectivity index (χ4n) is 2.30. The minimum atomic E-state index is -1.00. The summed E-state index contributed by atoms with van der Waals surface area (Å²) in [5.74, 6) is -1.10. The van der Waals surface area contributed by atoms with E-state index in [1.54, 1.807) is 6.92 Å². The predicted molar refractivity (Wildman–Crippen MR) is 76.1 cm³/mol.